The van der Waals surface area contributed by atoms with E-state index in [9.17, 15) is 14.7 Å². The highest BCUT2D eigenvalue weighted by atomic mass is 16.6. The molecule has 0 aliphatic rings. The molecule has 0 aliphatic carbocycles. The number of ether oxygens (including phenoxy) is 4. The van der Waals surface area contributed by atoms with Gasteiger partial charge in [-0.25, -0.2) is 9.59 Å². The molecule has 1 aromatic rings. The lowest BCUT2D eigenvalue weighted by atomic mass is 9.93. The van der Waals surface area contributed by atoms with Gasteiger partial charge in [0, 0.05) is 12.5 Å². The third kappa shape index (κ3) is 10.1. The van der Waals surface area contributed by atoms with Crippen LogP contribution in [0.2, 0.25) is 0 Å². The van der Waals surface area contributed by atoms with Crippen molar-refractivity contribution in [2.45, 2.75) is 91.1 Å². The number of carbonyl (C=O) groups is 2. The van der Waals surface area contributed by atoms with Gasteiger partial charge < -0.3 is 24.1 Å². The molecular formula is C28H46O7. The van der Waals surface area contributed by atoms with Crippen molar-refractivity contribution in [3.63, 3.8) is 0 Å². The fraction of sp³-hybridized carbons (Fsp3) is 0.714. The summed E-state index contributed by atoms with van der Waals surface area (Å²) < 4.78 is 21.6. The molecular weight excluding hydrogens is 448 g/mol. The molecule has 0 amide bonds. The zero-order valence-electron chi connectivity index (χ0n) is 22.6. The fourth-order valence-corrected chi connectivity index (χ4v) is 3.91. The maximum atomic E-state index is 13.2. The van der Waals surface area contributed by atoms with Crippen LogP contribution in [0.3, 0.4) is 0 Å². The van der Waals surface area contributed by atoms with E-state index in [0.29, 0.717) is 17.1 Å². The molecule has 2 unspecified atom stereocenters. The Balaban J connectivity index is 3.13. The third-order valence-corrected chi connectivity index (χ3v) is 6.53. The SMILES string of the molecule is CCCCC(CC)COC(=O)C(O)(Cc1cc(OC)cc(OC)c1)C(=O)OCC(CC)CCCC. The number of methoxy groups -OCH3 is 2. The maximum absolute atomic E-state index is 13.2. The number of esters is 2. The maximum Gasteiger partial charge on any atom is 0.350 e. The first-order valence-electron chi connectivity index (χ1n) is 13.1. The summed E-state index contributed by atoms with van der Waals surface area (Å²) in [6.45, 7) is 8.61. The van der Waals surface area contributed by atoms with Crippen LogP contribution in [0.5, 0.6) is 11.5 Å². The van der Waals surface area contributed by atoms with Crippen LogP contribution < -0.4 is 9.47 Å². The van der Waals surface area contributed by atoms with Gasteiger partial charge in [-0.1, -0.05) is 66.2 Å². The highest BCUT2D eigenvalue weighted by Crippen LogP contribution is 2.27. The summed E-state index contributed by atoms with van der Waals surface area (Å²) in [6, 6.07) is 4.98. The fourth-order valence-electron chi connectivity index (χ4n) is 3.91. The lowest BCUT2D eigenvalue weighted by molar-refractivity contribution is -0.185. The summed E-state index contributed by atoms with van der Waals surface area (Å²) in [5, 5.41) is 11.4. The molecule has 2 atom stereocenters. The molecule has 7 heteroatoms. The van der Waals surface area contributed by atoms with Gasteiger partial charge in [-0.2, -0.15) is 0 Å². The Morgan fingerprint density at radius 2 is 1.23 bits per heavy atom. The minimum atomic E-state index is -2.47. The Morgan fingerprint density at radius 1 is 0.800 bits per heavy atom. The average molecular weight is 495 g/mol. The van der Waals surface area contributed by atoms with Crippen molar-refractivity contribution in [2.24, 2.45) is 11.8 Å². The zero-order valence-corrected chi connectivity index (χ0v) is 22.6. The minimum Gasteiger partial charge on any atom is -0.497 e. The van der Waals surface area contributed by atoms with E-state index in [2.05, 4.69) is 13.8 Å². The number of carbonyl (C=O) groups excluding carboxylic acids is 2. The van der Waals surface area contributed by atoms with E-state index in [-0.39, 0.29) is 31.5 Å². The summed E-state index contributed by atoms with van der Waals surface area (Å²) >= 11 is 0. The number of aliphatic hydroxyl groups is 1. The van der Waals surface area contributed by atoms with E-state index in [1.807, 2.05) is 13.8 Å². The predicted octanol–water partition coefficient (Wildman–Crippen LogP) is 5.50. The van der Waals surface area contributed by atoms with Crippen molar-refractivity contribution in [1.29, 1.82) is 0 Å². The topological polar surface area (TPSA) is 91.3 Å². The highest BCUT2D eigenvalue weighted by molar-refractivity contribution is 6.03. The molecule has 7 nitrogen and oxygen atoms in total. The van der Waals surface area contributed by atoms with Gasteiger partial charge in [-0.3, -0.25) is 0 Å². The van der Waals surface area contributed by atoms with Gasteiger partial charge in [0.15, 0.2) is 0 Å². The van der Waals surface area contributed by atoms with Crippen LogP contribution in [0.25, 0.3) is 0 Å². The first kappa shape index (κ1) is 30.8. The first-order chi connectivity index (χ1) is 16.8. The molecule has 0 aliphatic heterocycles. The Labute approximate surface area is 211 Å². The minimum absolute atomic E-state index is 0.153. The second kappa shape index (κ2) is 16.4. The third-order valence-electron chi connectivity index (χ3n) is 6.53. The molecule has 1 N–H and O–H groups in total. The van der Waals surface area contributed by atoms with Gasteiger partial charge in [0.2, 0.25) is 0 Å². The molecule has 0 bridgehead atoms. The van der Waals surface area contributed by atoms with Gasteiger partial charge in [0.05, 0.1) is 27.4 Å². The van der Waals surface area contributed by atoms with Crippen LogP contribution in [0, 0.1) is 11.8 Å². The molecule has 1 rings (SSSR count). The van der Waals surface area contributed by atoms with Crippen molar-refractivity contribution in [3.8, 4) is 11.5 Å². The Bertz CT molecular complexity index is 707. The van der Waals surface area contributed by atoms with Crippen molar-refractivity contribution in [1.82, 2.24) is 0 Å². The van der Waals surface area contributed by atoms with Crippen LogP contribution in [-0.4, -0.2) is 50.1 Å². The monoisotopic (exact) mass is 494 g/mol. The molecule has 0 spiro atoms. The normalized spacial score (nSPS) is 14.5. The van der Waals surface area contributed by atoms with E-state index in [4.69, 9.17) is 18.9 Å². The molecule has 1 aromatic carbocycles. The Kier molecular flexibility index (Phi) is 14.4. The van der Waals surface area contributed by atoms with Crippen LogP contribution >= 0.6 is 0 Å². The standard InChI is InChI=1S/C28H46O7/c1-7-11-13-21(9-3)19-34-26(29)28(31,27(30)35-20-22(10-4)14-12-8-2)18-23-15-24(32-5)17-25(16-23)33-6/h15-17,21-22,31H,7-14,18-20H2,1-6H3. The quantitative estimate of drug-likeness (QED) is 0.213. The number of rotatable bonds is 18. The predicted molar refractivity (Wildman–Crippen MR) is 137 cm³/mol. The molecule has 0 heterocycles. The highest BCUT2D eigenvalue weighted by Gasteiger charge is 2.48. The van der Waals surface area contributed by atoms with Gasteiger partial charge >= 0.3 is 11.9 Å². The average Bonchev–Trinajstić information content (AvgIpc) is 2.87. The summed E-state index contributed by atoms with van der Waals surface area (Å²) in [7, 11) is 3.02. The number of benzene rings is 1. The summed E-state index contributed by atoms with van der Waals surface area (Å²) in [6.07, 6.45) is 7.39. The lowest BCUT2D eigenvalue weighted by Crippen LogP contribution is -2.51. The Hall–Kier alpha value is -2.28. The van der Waals surface area contributed by atoms with Gasteiger partial charge in [0.25, 0.3) is 5.60 Å². The van der Waals surface area contributed by atoms with Crippen LogP contribution in [-0.2, 0) is 25.5 Å². The molecule has 0 aromatic heterocycles. The van der Waals surface area contributed by atoms with E-state index in [1.165, 1.54) is 14.2 Å². The van der Waals surface area contributed by atoms with Crippen molar-refractivity contribution in [3.05, 3.63) is 23.8 Å². The molecule has 0 saturated heterocycles. The first-order valence-corrected chi connectivity index (χ1v) is 13.1. The number of hydrogen-bond acceptors (Lipinski definition) is 7. The van der Waals surface area contributed by atoms with Crippen molar-refractivity contribution >= 4 is 11.9 Å². The summed E-state index contributed by atoms with van der Waals surface area (Å²) in [4.78, 5) is 26.3. The van der Waals surface area contributed by atoms with E-state index >= 15 is 0 Å². The zero-order chi connectivity index (χ0) is 26.3. The van der Waals surface area contributed by atoms with Crippen molar-refractivity contribution in [2.75, 3.05) is 27.4 Å². The second-order valence-electron chi connectivity index (χ2n) is 9.29. The van der Waals surface area contributed by atoms with Gasteiger partial charge in [-0.05, 0) is 42.4 Å². The van der Waals surface area contributed by atoms with Gasteiger partial charge in [-0.15, -0.1) is 0 Å². The molecule has 35 heavy (non-hydrogen) atoms. The summed E-state index contributed by atoms with van der Waals surface area (Å²) in [5.74, 6) is -0.648. The van der Waals surface area contributed by atoms with Crippen LogP contribution in [0.4, 0.5) is 0 Å². The van der Waals surface area contributed by atoms with Crippen LogP contribution in [0.15, 0.2) is 18.2 Å². The lowest BCUT2D eigenvalue weighted by Gasteiger charge is -2.26. The van der Waals surface area contributed by atoms with Crippen LogP contribution in [0.1, 0.15) is 84.6 Å². The second-order valence-corrected chi connectivity index (χ2v) is 9.29. The largest absolute Gasteiger partial charge is 0.497 e. The summed E-state index contributed by atoms with van der Waals surface area (Å²) in [5.41, 5.74) is -1.97. The van der Waals surface area contributed by atoms with Gasteiger partial charge in [0.1, 0.15) is 11.5 Å². The molecule has 0 radical (unpaired) electrons. The van der Waals surface area contributed by atoms with E-state index in [0.717, 1.165) is 51.4 Å². The number of hydrogen-bond donors (Lipinski definition) is 1. The Morgan fingerprint density at radius 3 is 1.57 bits per heavy atom. The molecule has 0 fully saturated rings. The van der Waals surface area contributed by atoms with E-state index in [1.54, 1.807) is 18.2 Å². The molecule has 0 saturated carbocycles. The molecule has 200 valence electrons. The van der Waals surface area contributed by atoms with Crippen molar-refractivity contribution < 1.29 is 33.6 Å². The number of unbranched alkanes of at least 4 members (excludes halogenated alkanes) is 2. The smallest absolute Gasteiger partial charge is 0.350 e. The van der Waals surface area contributed by atoms with E-state index < -0.39 is 17.5 Å².